The molecule has 52 heavy (non-hydrogen) atoms. The van der Waals surface area contributed by atoms with Crippen molar-refractivity contribution < 1.29 is 0 Å². The average molecular weight is 667 g/mol. The number of nitriles is 1. The molecule has 6 aromatic carbocycles. The van der Waals surface area contributed by atoms with Crippen molar-refractivity contribution in [1.29, 1.82) is 5.26 Å². The van der Waals surface area contributed by atoms with Crippen molar-refractivity contribution >= 4 is 33.2 Å². The van der Waals surface area contributed by atoms with Crippen LogP contribution < -0.4 is 4.90 Å². The van der Waals surface area contributed by atoms with E-state index < -0.39 is 0 Å². The molecule has 0 fully saturated rings. The maximum absolute atomic E-state index is 11.0. The van der Waals surface area contributed by atoms with E-state index in [1.807, 2.05) is 66.7 Å². The smallest absolute Gasteiger partial charge is 0.166 e. The SMILES string of the molecule is N#Cc1cc(-c2nc(-c3ccccc3)nc(-c3ccccc3)n2)c(-n2c3ccccc3c3ccccc32)cc1N1c2ccccc2C2C=CC=CC21. The Hall–Kier alpha value is -7.10. The van der Waals surface area contributed by atoms with Gasteiger partial charge in [-0.25, -0.2) is 15.0 Å². The van der Waals surface area contributed by atoms with Gasteiger partial charge in [0.05, 0.1) is 34.0 Å². The van der Waals surface area contributed by atoms with Crippen LogP contribution in [-0.4, -0.2) is 25.6 Å². The van der Waals surface area contributed by atoms with Crippen LogP contribution in [0.2, 0.25) is 0 Å². The van der Waals surface area contributed by atoms with E-state index in [-0.39, 0.29) is 12.0 Å². The summed E-state index contributed by atoms with van der Waals surface area (Å²) >= 11 is 0. The molecule has 1 aliphatic heterocycles. The highest BCUT2D eigenvalue weighted by Gasteiger charge is 2.38. The Morgan fingerprint density at radius 2 is 1.08 bits per heavy atom. The molecule has 0 radical (unpaired) electrons. The minimum Gasteiger partial charge on any atom is -0.332 e. The summed E-state index contributed by atoms with van der Waals surface area (Å²) in [5.41, 5.74) is 9.23. The van der Waals surface area contributed by atoms with Crippen molar-refractivity contribution in [1.82, 2.24) is 19.5 Å². The summed E-state index contributed by atoms with van der Waals surface area (Å²) < 4.78 is 2.30. The molecule has 2 unspecified atom stereocenters. The largest absolute Gasteiger partial charge is 0.332 e. The van der Waals surface area contributed by atoms with Crippen LogP contribution >= 0.6 is 0 Å². The number of hydrogen-bond acceptors (Lipinski definition) is 5. The van der Waals surface area contributed by atoms with Crippen LogP contribution in [0.1, 0.15) is 17.0 Å². The molecular formula is C46H30N6. The molecule has 3 heterocycles. The summed E-state index contributed by atoms with van der Waals surface area (Å²) in [7, 11) is 0. The summed E-state index contributed by atoms with van der Waals surface area (Å²) in [6.07, 6.45) is 8.73. The van der Waals surface area contributed by atoms with E-state index in [9.17, 15) is 5.26 Å². The van der Waals surface area contributed by atoms with Crippen molar-refractivity contribution in [3.8, 4) is 45.9 Å². The molecule has 0 spiro atoms. The minimum atomic E-state index is 0.0258. The fourth-order valence-electron chi connectivity index (χ4n) is 7.91. The van der Waals surface area contributed by atoms with Crippen LogP contribution in [0, 0.1) is 11.3 Å². The van der Waals surface area contributed by atoms with E-state index >= 15 is 0 Å². The van der Waals surface area contributed by atoms with Crippen molar-refractivity contribution in [3.63, 3.8) is 0 Å². The Bertz CT molecular complexity index is 2660. The molecule has 1 aliphatic carbocycles. The number of allylic oxidation sites excluding steroid dienone is 2. The monoisotopic (exact) mass is 666 g/mol. The molecule has 2 aromatic heterocycles. The van der Waals surface area contributed by atoms with Gasteiger partial charge in [-0.05, 0) is 35.9 Å². The van der Waals surface area contributed by atoms with Gasteiger partial charge < -0.3 is 9.47 Å². The second-order valence-electron chi connectivity index (χ2n) is 13.1. The number of aromatic nitrogens is 4. The van der Waals surface area contributed by atoms with Gasteiger partial charge in [0.15, 0.2) is 17.5 Å². The standard InChI is InChI=1S/C46H30N6/c47-29-32-27-37(46-49-44(30-15-3-1-4-16-30)48-45(50-46)31-17-5-2-6-18-31)43(52-40-25-13-9-21-35(40)36-22-10-14-26-41(36)52)28-42(32)51-38-23-11-7-19-33(38)34-20-8-12-24-39(34)51/h1-28,33,38H. The van der Waals surface area contributed by atoms with Crippen LogP contribution in [0.5, 0.6) is 0 Å². The van der Waals surface area contributed by atoms with Gasteiger partial charge in [-0.3, -0.25) is 0 Å². The lowest BCUT2D eigenvalue weighted by Gasteiger charge is -2.30. The Balaban J connectivity index is 1.31. The fourth-order valence-corrected chi connectivity index (χ4v) is 7.91. The highest BCUT2D eigenvalue weighted by Crippen LogP contribution is 2.50. The number of para-hydroxylation sites is 3. The van der Waals surface area contributed by atoms with Crippen molar-refractivity contribution in [3.05, 3.63) is 181 Å². The van der Waals surface area contributed by atoms with Crippen LogP contribution in [0.4, 0.5) is 11.4 Å². The minimum absolute atomic E-state index is 0.0258. The van der Waals surface area contributed by atoms with Gasteiger partial charge in [0, 0.05) is 39.1 Å². The highest BCUT2D eigenvalue weighted by molar-refractivity contribution is 6.10. The van der Waals surface area contributed by atoms with Gasteiger partial charge in [0.2, 0.25) is 0 Å². The Kier molecular flexibility index (Phi) is 6.90. The van der Waals surface area contributed by atoms with Crippen molar-refractivity contribution in [2.75, 3.05) is 4.90 Å². The van der Waals surface area contributed by atoms with E-state index in [0.717, 1.165) is 55.6 Å². The molecule has 0 saturated carbocycles. The lowest BCUT2D eigenvalue weighted by molar-refractivity contribution is 0.744. The zero-order chi connectivity index (χ0) is 34.6. The normalized spacial score (nSPS) is 15.9. The van der Waals surface area contributed by atoms with Gasteiger partial charge >= 0.3 is 0 Å². The number of rotatable bonds is 5. The van der Waals surface area contributed by atoms with E-state index in [4.69, 9.17) is 15.0 Å². The summed E-state index contributed by atoms with van der Waals surface area (Å²) in [5, 5.41) is 13.2. The maximum Gasteiger partial charge on any atom is 0.166 e. The fraction of sp³-hybridized carbons (Fsp3) is 0.0435. The van der Waals surface area contributed by atoms with Crippen LogP contribution in [0.25, 0.3) is 61.7 Å². The van der Waals surface area contributed by atoms with E-state index in [0.29, 0.717) is 23.0 Å². The molecular weight excluding hydrogens is 637 g/mol. The molecule has 6 nitrogen and oxygen atoms in total. The first-order valence-electron chi connectivity index (χ1n) is 17.4. The van der Waals surface area contributed by atoms with Gasteiger partial charge in [0.1, 0.15) is 6.07 Å². The summed E-state index contributed by atoms with van der Waals surface area (Å²) in [4.78, 5) is 17.6. The van der Waals surface area contributed by atoms with E-state index in [2.05, 4.69) is 119 Å². The van der Waals surface area contributed by atoms with E-state index in [1.165, 1.54) is 5.56 Å². The maximum atomic E-state index is 11.0. The Morgan fingerprint density at radius 1 is 0.519 bits per heavy atom. The molecule has 0 saturated heterocycles. The lowest BCUT2D eigenvalue weighted by atomic mass is 9.91. The lowest BCUT2D eigenvalue weighted by Crippen LogP contribution is -2.29. The average Bonchev–Trinajstić information content (AvgIpc) is 3.74. The van der Waals surface area contributed by atoms with Crippen LogP contribution in [-0.2, 0) is 0 Å². The molecule has 10 rings (SSSR count). The molecule has 0 N–H and O–H groups in total. The number of nitrogens with zero attached hydrogens (tertiary/aromatic N) is 6. The zero-order valence-electron chi connectivity index (χ0n) is 28.0. The predicted octanol–water partition coefficient (Wildman–Crippen LogP) is 10.6. The van der Waals surface area contributed by atoms with E-state index in [1.54, 1.807) is 0 Å². The van der Waals surface area contributed by atoms with Gasteiger partial charge in [0.25, 0.3) is 0 Å². The molecule has 244 valence electrons. The summed E-state index contributed by atoms with van der Waals surface area (Å²) in [6, 6.07) is 52.2. The third-order valence-electron chi connectivity index (χ3n) is 10.2. The molecule has 6 heteroatoms. The van der Waals surface area contributed by atoms with Gasteiger partial charge in [-0.2, -0.15) is 5.26 Å². The molecule has 2 aliphatic rings. The third-order valence-corrected chi connectivity index (χ3v) is 10.2. The zero-order valence-corrected chi connectivity index (χ0v) is 28.0. The predicted molar refractivity (Wildman–Crippen MR) is 209 cm³/mol. The van der Waals surface area contributed by atoms with Crippen LogP contribution in [0.3, 0.4) is 0 Å². The molecule has 2 atom stereocenters. The number of hydrogen-bond donors (Lipinski definition) is 0. The molecule has 8 aromatic rings. The molecule has 0 amide bonds. The first-order valence-corrected chi connectivity index (χ1v) is 17.4. The number of anilines is 2. The first-order chi connectivity index (χ1) is 25.8. The number of fused-ring (bicyclic) bond motifs is 6. The quantitative estimate of drug-likeness (QED) is 0.183. The topological polar surface area (TPSA) is 70.6 Å². The van der Waals surface area contributed by atoms with Crippen molar-refractivity contribution in [2.24, 2.45) is 0 Å². The van der Waals surface area contributed by atoms with Gasteiger partial charge in [-0.1, -0.05) is 140 Å². The first kappa shape index (κ1) is 29.8. The third kappa shape index (κ3) is 4.68. The Morgan fingerprint density at radius 3 is 1.73 bits per heavy atom. The summed E-state index contributed by atoms with van der Waals surface area (Å²) in [5.74, 6) is 1.80. The second kappa shape index (κ2) is 12.0. The number of benzene rings is 6. The molecule has 0 bridgehead atoms. The highest BCUT2D eigenvalue weighted by atomic mass is 15.2. The summed E-state index contributed by atoms with van der Waals surface area (Å²) in [6.45, 7) is 0. The Labute approximate surface area is 300 Å². The van der Waals surface area contributed by atoms with Crippen molar-refractivity contribution in [2.45, 2.75) is 12.0 Å². The van der Waals surface area contributed by atoms with Crippen LogP contribution in [0.15, 0.2) is 170 Å². The second-order valence-corrected chi connectivity index (χ2v) is 13.1. The van der Waals surface area contributed by atoms with Gasteiger partial charge in [-0.15, -0.1) is 0 Å².